The third kappa shape index (κ3) is 3.98. The molecule has 92 valence electrons. The first-order chi connectivity index (χ1) is 8.24. The van der Waals surface area contributed by atoms with Gasteiger partial charge < -0.3 is 10.6 Å². The van der Waals surface area contributed by atoms with Gasteiger partial charge in [-0.25, -0.2) is 9.97 Å². The fourth-order valence-electron chi connectivity index (χ4n) is 1.51. The maximum Gasteiger partial charge on any atom is 0.184 e. The number of hydrogen-bond donors (Lipinski definition) is 2. The summed E-state index contributed by atoms with van der Waals surface area (Å²) in [7, 11) is 0. The number of thiazole rings is 2. The van der Waals surface area contributed by atoms with E-state index in [9.17, 15) is 0 Å². The number of nitrogens with one attached hydrogen (secondary N) is 2. The maximum atomic E-state index is 4.24. The molecular weight excluding hydrogens is 252 g/mol. The second-order valence-corrected chi connectivity index (χ2v) is 5.93. The maximum absolute atomic E-state index is 4.24. The van der Waals surface area contributed by atoms with Crippen LogP contribution in [0.5, 0.6) is 0 Å². The third-order valence-corrected chi connectivity index (χ3v) is 3.58. The van der Waals surface area contributed by atoms with Gasteiger partial charge >= 0.3 is 0 Å². The van der Waals surface area contributed by atoms with Gasteiger partial charge in [0.05, 0.1) is 0 Å². The van der Waals surface area contributed by atoms with Gasteiger partial charge in [-0.3, -0.25) is 0 Å². The van der Waals surface area contributed by atoms with E-state index in [2.05, 4.69) is 34.4 Å². The van der Waals surface area contributed by atoms with Gasteiger partial charge in [-0.1, -0.05) is 13.8 Å². The molecule has 0 spiro atoms. The number of nitrogens with zero attached hydrogens (tertiary/aromatic N) is 2. The molecule has 0 atom stereocenters. The van der Waals surface area contributed by atoms with Crippen LogP contribution >= 0.6 is 22.7 Å². The van der Waals surface area contributed by atoms with E-state index in [0.29, 0.717) is 5.92 Å². The lowest BCUT2D eigenvalue weighted by molar-refractivity contribution is 0.546. The molecule has 2 aromatic heterocycles. The molecule has 0 amide bonds. The predicted molar refractivity (Wildman–Crippen MR) is 74.7 cm³/mol. The van der Waals surface area contributed by atoms with Crippen LogP contribution in [0, 0.1) is 5.92 Å². The Morgan fingerprint density at radius 1 is 1.06 bits per heavy atom. The normalized spacial score (nSPS) is 11.1. The second-order valence-electron chi connectivity index (χ2n) is 4.15. The fourth-order valence-corrected chi connectivity index (χ4v) is 2.68. The lowest BCUT2D eigenvalue weighted by atomic mass is 10.1. The van der Waals surface area contributed by atoms with Crippen LogP contribution in [0.15, 0.2) is 23.2 Å². The highest BCUT2D eigenvalue weighted by molar-refractivity contribution is 7.14. The Labute approximate surface area is 109 Å². The van der Waals surface area contributed by atoms with E-state index in [1.807, 2.05) is 23.2 Å². The molecule has 17 heavy (non-hydrogen) atoms. The monoisotopic (exact) mass is 268 g/mol. The van der Waals surface area contributed by atoms with Crippen molar-refractivity contribution in [3.8, 4) is 0 Å². The van der Waals surface area contributed by atoms with Crippen molar-refractivity contribution in [3.63, 3.8) is 0 Å². The lowest BCUT2D eigenvalue weighted by Gasteiger charge is -2.21. The van der Waals surface area contributed by atoms with Crippen molar-refractivity contribution in [1.82, 2.24) is 9.97 Å². The van der Waals surface area contributed by atoms with Crippen LogP contribution in [0.2, 0.25) is 0 Å². The average Bonchev–Trinajstić information content (AvgIpc) is 2.89. The van der Waals surface area contributed by atoms with Crippen molar-refractivity contribution >= 4 is 32.9 Å². The van der Waals surface area contributed by atoms with Crippen LogP contribution in [0.1, 0.15) is 20.3 Å². The Kier molecular flexibility index (Phi) is 4.33. The topological polar surface area (TPSA) is 49.8 Å². The fraction of sp³-hybridized carbons (Fsp3) is 0.455. The smallest absolute Gasteiger partial charge is 0.184 e. The molecule has 0 saturated carbocycles. The first kappa shape index (κ1) is 12.3. The zero-order valence-electron chi connectivity index (χ0n) is 9.88. The van der Waals surface area contributed by atoms with E-state index in [0.717, 1.165) is 16.7 Å². The Balaban J connectivity index is 1.97. The quantitative estimate of drug-likeness (QED) is 0.787. The van der Waals surface area contributed by atoms with Gasteiger partial charge in [-0.05, 0) is 12.3 Å². The minimum Gasteiger partial charge on any atom is -0.342 e. The summed E-state index contributed by atoms with van der Waals surface area (Å²) in [6, 6.07) is 0. The SMILES string of the molecule is CC(C)CC(Nc1nccs1)Nc1nccs1. The van der Waals surface area contributed by atoms with E-state index in [1.165, 1.54) is 0 Å². The molecule has 0 aliphatic rings. The number of aromatic nitrogens is 2. The van der Waals surface area contributed by atoms with Crippen LogP contribution in [-0.4, -0.2) is 16.1 Å². The van der Waals surface area contributed by atoms with Crippen LogP contribution in [0.3, 0.4) is 0 Å². The summed E-state index contributed by atoms with van der Waals surface area (Å²) < 4.78 is 0. The Hall–Kier alpha value is -1.14. The van der Waals surface area contributed by atoms with Gasteiger partial charge in [0.1, 0.15) is 6.17 Å². The van der Waals surface area contributed by atoms with Crippen LogP contribution in [-0.2, 0) is 0 Å². The van der Waals surface area contributed by atoms with Crippen molar-refractivity contribution in [2.45, 2.75) is 26.4 Å². The van der Waals surface area contributed by atoms with Crippen LogP contribution < -0.4 is 10.6 Å². The van der Waals surface area contributed by atoms with E-state index >= 15 is 0 Å². The van der Waals surface area contributed by atoms with Gasteiger partial charge in [-0.2, -0.15) is 0 Å². The average molecular weight is 268 g/mol. The van der Waals surface area contributed by atoms with Gasteiger partial charge in [0.25, 0.3) is 0 Å². The first-order valence-electron chi connectivity index (χ1n) is 5.56. The van der Waals surface area contributed by atoms with Crippen molar-refractivity contribution in [1.29, 1.82) is 0 Å². The Bertz CT molecular complexity index is 374. The standard InChI is InChI=1S/C11H16N4S2/c1-8(2)7-9(14-10-12-3-5-16-10)15-11-13-4-6-17-11/h3-6,8-9H,7H2,1-2H3,(H,12,14)(H,13,15). The molecule has 6 heteroatoms. The van der Waals surface area contributed by atoms with Gasteiger partial charge in [0.2, 0.25) is 0 Å². The first-order valence-corrected chi connectivity index (χ1v) is 7.32. The molecular formula is C11H16N4S2. The second kappa shape index (κ2) is 5.97. The molecule has 0 aliphatic heterocycles. The molecule has 0 saturated heterocycles. The highest BCUT2D eigenvalue weighted by atomic mass is 32.1. The summed E-state index contributed by atoms with van der Waals surface area (Å²) in [6.07, 6.45) is 4.82. The summed E-state index contributed by atoms with van der Waals surface area (Å²) in [4.78, 5) is 8.49. The van der Waals surface area contributed by atoms with E-state index in [-0.39, 0.29) is 6.17 Å². The van der Waals surface area contributed by atoms with Crippen molar-refractivity contribution in [2.24, 2.45) is 5.92 Å². The molecule has 2 heterocycles. The number of hydrogen-bond acceptors (Lipinski definition) is 6. The summed E-state index contributed by atoms with van der Waals surface area (Å²) in [5.41, 5.74) is 0. The van der Waals surface area contributed by atoms with Gasteiger partial charge in [0, 0.05) is 23.2 Å². The zero-order valence-corrected chi connectivity index (χ0v) is 11.5. The van der Waals surface area contributed by atoms with E-state index < -0.39 is 0 Å². The van der Waals surface area contributed by atoms with Crippen LogP contribution in [0.4, 0.5) is 10.3 Å². The van der Waals surface area contributed by atoms with Crippen molar-refractivity contribution in [2.75, 3.05) is 10.6 Å². The molecule has 0 bridgehead atoms. The molecule has 0 radical (unpaired) electrons. The molecule has 2 aromatic rings. The summed E-state index contributed by atoms with van der Waals surface area (Å²) in [6.45, 7) is 4.42. The van der Waals surface area contributed by atoms with Gasteiger partial charge in [-0.15, -0.1) is 22.7 Å². The van der Waals surface area contributed by atoms with E-state index in [4.69, 9.17) is 0 Å². The molecule has 0 unspecified atom stereocenters. The van der Waals surface area contributed by atoms with Crippen molar-refractivity contribution in [3.05, 3.63) is 23.2 Å². The zero-order chi connectivity index (χ0) is 12.1. The molecule has 0 fully saturated rings. The van der Waals surface area contributed by atoms with Crippen LogP contribution in [0.25, 0.3) is 0 Å². The highest BCUT2D eigenvalue weighted by Gasteiger charge is 2.12. The number of anilines is 2. The predicted octanol–water partition coefficient (Wildman–Crippen LogP) is 3.50. The Morgan fingerprint density at radius 2 is 1.59 bits per heavy atom. The summed E-state index contributed by atoms with van der Waals surface area (Å²) >= 11 is 3.22. The minimum atomic E-state index is 0.173. The van der Waals surface area contributed by atoms with Gasteiger partial charge in [0.15, 0.2) is 10.3 Å². The molecule has 0 aliphatic carbocycles. The minimum absolute atomic E-state index is 0.173. The third-order valence-electron chi connectivity index (χ3n) is 2.17. The molecule has 4 nitrogen and oxygen atoms in total. The van der Waals surface area contributed by atoms with E-state index in [1.54, 1.807) is 22.7 Å². The summed E-state index contributed by atoms with van der Waals surface area (Å²) in [5.74, 6) is 0.611. The lowest BCUT2D eigenvalue weighted by Crippen LogP contribution is -2.30. The molecule has 0 aromatic carbocycles. The largest absolute Gasteiger partial charge is 0.342 e. The number of rotatable bonds is 6. The molecule has 2 rings (SSSR count). The Morgan fingerprint density at radius 3 is 1.94 bits per heavy atom. The molecule has 2 N–H and O–H groups in total. The van der Waals surface area contributed by atoms with Crippen molar-refractivity contribution < 1.29 is 0 Å². The summed E-state index contributed by atoms with van der Waals surface area (Å²) in [5, 5.41) is 12.6. The highest BCUT2D eigenvalue weighted by Crippen LogP contribution is 2.19.